The number of carbonyl (C=O) groups excluding carboxylic acids is 1. The number of benzene rings is 1. The van der Waals surface area contributed by atoms with Crippen molar-refractivity contribution < 1.29 is 9.18 Å². The summed E-state index contributed by atoms with van der Waals surface area (Å²) in [5.74, 6) is -0.392. The van der Waals surface area contributed by atoms with E-state index >= 15 is 0 Å². The predicted octanol–water partition coefficient (Wildman–Crippen LogP) is 3.83. The Hall–Kier alpha value is -1.21. The van der Waals surface area contributed by atoms with Gasteiger partial charge in [0.05, 0.1) is 5.69 Å². The van der Waals surface area contributed by atoms with Crippen LogP contribution in [0, 0.1) is 12.7 Å². The predicted molar refractivity (Wildman–Crippen MR) is 102 cm³/mol. The van der Waals surface area contributed by atoms with Crippen molar-refractivity contribution in [1.29, 1.82) is 0 Å². The van der Waals surface area contributed by atoms with Crippen molar-refractivity contribution in [3.8, 4) is 10.6 Å². The maximum absolute atomic E-state index is 13.0. The van der Waals surface area contributed by atoms with Gasteiger partial charge in [0.1, 0.15) is 15.7 Å². The zero-order valence-corrected chi connectivity index (χ0v) is 16.0. The van der Waals surface area contributed by atoms with Crippen LogP contribution in [0.1, 0.15) is 28.7 Å². The van der Waals surface area contributed by atoms with Gasteiger partial charge in [-0.05, 0) is 44.2 Å². The molecule has 0 aliphatic heterocycles. The molecule has 0 saturated carbocycles. The van der Waals surface area contributed by atoms with E-state index in [-0.39, 0.29) is 36.5 Å². The summed E-state index contributed by atoms with van der Waals surface area (Å²) >= 11 is 1.33. The van der Waals surface area contributed by atoms with Crippen LogP contribution in [0.4, 0.5) is 4.39 Å². The monoisotopic (exact) mass is 393 g/mol. The van der Waals surface area contributed by atoms with Crippen molar-refractivity contribution in [2.75, 3.05) is 19.6 Å². The number of aryl methyl sites for hydroxylation is 1. The highest BCUT2D eigenvalue weighted by Crippen LogP contribution is 2.27. The largest absolute Gasteiger partial charge is 0.350 e. The lowest BCUT2D eigenvalue weighted by molar-refractivity contribution is 0.0957. The van der Waals surface area contributed by atoms with E-state index in [0.29, 0.717) is 17.1 Å². The molecular formula is C16H22Cl2FN3OS. The maximum Gasteiger partial charge on any atom is 0.263 e. The van der Waals surface area contributed by atoms with Gasteiger partial charge >= 0.3 is 0 Å². The Labute approximate surface area is 158 Å². The van der Waals surface area contributed by atoms with Crippen LogP contribution in [0.3, 0.4) is 0 Å². The number of hydrogen-bond donors (Lipinski definition) is 2. The van der Waals surface area contributed by atoms with Gasteiger partial charge in [0.15, 0.2) is 0 Å². The molecule has 2 N–H and O–H groups in total. The smallest absolute Gasteiger partial charge is 0.263 e. The van der Waals surface area contributed by atoms with Crippen LogP contribution in [-0.2, 0) is 0 Å². The first-order valence-electron chi connectivity index (χ1n) is 7.34. The highest BCUT2D eigenvalue weighted by atomic mass is 35.5. The van der Waals surface area contributed by atoms with E-state index in [1.54, 1.807) is 12.1 Å². The number of carbonyl (C=O) groups is 1. The van der Waals surface area contributed by atoms with Crippen LogP contribution in [0.5, 0.6) is 0 Å². The van der Waals surface area contributed by atoms with Gasteiger partial charge in [-0.3, -0.25) is 4.79 Å². The van der Waals surface area contributed by atoms with Crippen molar-refractivity contribution in [3.63, 3.8) is 0 Å². The Morgan fingerprint density at radius 2 is 1.83 bits per heavy atom. The van der Waals surface area contributed by atoms with Gasteiger partial charge < -0.3 is 10.6 Å². The van der Waals surface area contributed by atoms with Crippen molar-refractivity contribution >= 4 is 42.1 Å². The standard InChI is InChI=1S/C16H20FN3OS.2ClH/c1-3-8-18-9-10-19-15(21)14-11(2)20-16(22-14)12-4-6-13(17)7-5-12;;/h4-7,18H,3,8-10H2,1-2H3,(H,19,21);2*1H. The van der Waals surface area contributed by atoms with E-state index in [1.165, 1.54) is 23.5 Å². The first-order valence-corrected chi connectivity index (χ1v) is 8.15. The number of rotatable bonds is 7. The molecule has 0 bridgehead atoms. The summed E-state index contributed by atoms with van der Waals surface area (Å²) in [7, 11) is 0. The minimum absolute atomic E-state index is 0. The Morgan fingerprint density at radius 1 is 1.17 bits per heavy atom. The van der Waals surface area contributed by atoms with Gasteiger partial charge in [0.2, 0.25) is 0 Å². The van der Waals surface area contributed by atoms with Crippen LogP contribution in [0.15, 0.2) is 24.3 Å². The second-order valence-electron chi connectivity index (χ2n) is 4.95. The normalized spacial score (nSPS) is 9.79. The maximum atomic E-state index is 13.0. The van der Waals surface area contributed by atoms with Crippen molar-refractivity contribution in [2.24, 2.45) is 0 Å². The SMILES string of the molecule is CCCNCCNC(=O)c1sc(-c2ccc(F)cc2)nc1C.Cl.Cl. The third-order valence-corrected chi connectivity index (χ3v) is 4.31. The van der Waals surface area contributed by atoms with E-state index in [4.69, 9.17) is 0 Å². The average molecular weight is 394 g/mol. The molecule has 0 fully saturated rings. The van der Waals surface area contributed by atoms with Crippen LogP contribution in [-0.4, -0.2) is 30.5 Å². The van der Waals surface area contributed by atoms with Crippen molar-refractivity contribution in [3.05, 3.63) is 40.7 Å². The molecule has 0 saturated heterocycles. The van der Waals surface area contributed by atoms with Gasteiger partial charge in [-0.1, -0.05) is 6.92 Å². The summed E-state index contributed by atoms with van der Waals surface area (Å²) in [6.45, 7) is 6.20. The van der Waals surface area contributed by atoms with Crippen LogP contribution >= 0.6 is 36.2 Å². The third-order valence-electron chi connectivity index (χ3n) is 3.11. The highest BCUT2D eigenvalue weighted by molar-refractivity contribution is 7.17. The molecule has 8 heteroatoms. The van der Waals surface area contributed by atoms with E-state index in [0.717, 1.165) is 30.1 Å². The zero-order chi connectivity index (χ0) is 15.9. The fraction of sp³-hybridized carbons (Fsp3) is 0.375. The number of thiazole rings is 1. The quantitative estimate of drug-likeness (QED) is 0.702. The molecular weight excluding hydrogens is 372 g/mol. The van der Waals surface area contributed by atoms with Crippen molar-refractivity contribution in [2.45, 2.75) is 20.3 Å². The minimum Gasteiger partial charge on any atom is -0.350 e. The molecule has 1 heterocycles. The van der Waals surface area contributed by atoms with Gasteiger partial charge in [-0.2, -0.15) is 0 Å². The molecule has 0 aliphatic rings. The summed E-state index contributed by atoms with van der Waals surface area (Å²) in [6, 6.07) is 6.13. The molecule has 0 unspecified atom stereocenters. The number of aromatic nitrogens is 1. The Kier molecular flexibility index (Phi) is 10.8. The lowest BCUT2D eigenvalue weighted by Gasteiger charge is -2.04. The first-order chi connectivity index (χ1) is 10.6. The molecule has 0 radical (unpaired) electrons. The Bertz CT molecular complexity index is 635. The van der Waals surface area contributed by atoms with Crippen LogP contribution in [0.25, 0.3) is 10.6 Å². The van der Waals surface area contributed by atoms with Gasteiger partial charge in [0.25, 0.3) is 5.91 Å². The fourth-order valence-electron chi connectivity index (χ4n) is 1.97. The molecule has 134 valence electrons. The molecule has 0 atom stereocenters. The second kappa shape index (κ2) is 11.4. The van der Waals surface area contributed by atoms with Gasteiger partial charge in [-0.25, -0.2) is 9.37 Å². The number of halogens is 3. The van der Waals surface area contributed by atoms with E-state index in [9.17, 15) is 9.18 Å². The highest BCUT2D eigenvalue weighted by Gasteiger charge is 2.15. The molecule has 1 aromatic carbocycles. The minimum atomic E-state index is -0.283. The number of nitrogens with zero attached hydrogens (tertiary/aromatic N) is 1. The zero-order valence-electron chi connectivity index (χ0n) is 13.6. The molecule has 24 heavy (non-hydrogen) atoms. The van der Waals surface area contributed by atoms with Gasteiger partial charge in [0, 0.05) is 18.7 Å². The first kappa shape index (κ1) is 22.8. The lowest BCUT2D eigenvalue weighted by Crippen LogP contribution is -2.32. The molecule has 2 aromatic rings. The number of amides is 1. The Balaban J connectivity index is 0.00000264. The lowest BCUT2D eigenvalue weighted by atomic mass is 10.2. The fourth-order valence-corrected chi connectivity index (χ4v) is 2.96. The molecule has 2 rings (SSSR count). The van der Waals surface area contributed by atoms with E-state index in [2.05, 4.69) is 22.5 Å². The van der Waals surface area contributed by atoms with Crippen LogP contribution < -0.4 is 10.6 Å². The summed E-state index contributed by atoms with van der Waals surface area (Å²) < 4.78 is 13.0. The second-order valence-corrected chi connectivity index (χ2v) is 5.95. The summed E-state index contributed by atoms with van der Waals surface area (Å²) in [4.78, 5) is 17.2. The van der Waals surface area contributed by atoms with Crippen molar-refractivity contribution in [1.82, 2.24) is 15.6 Å². The number of hydrogen-bond acceptors (Lipinski definition) is 4. The van der Waals surface area contributed by atoms with E-state index < -0.39 is 0 Å². The third kappa shape index (κ3) is 6.36. The molecule has 1 amide bonds. The number of nitrogens with one attached hydrogen (secondary N) is 2. The average Bonchev–Trinajstić information content (AvgIpc) is 2.89. The Morgan fingerprint density at radius 3 is 2.46 bits per heavy atom. The van der Waals surface area contributed by atoms with Crippen LogP contribution in [0.2, 0.25) is 0 Å². The van der Waals surface area contributed by atoms with Gasteiger partial charge in [-0.15, -0.1) is 36.2 Å². The molecule has 0 spiro atoms. The summed E-state index contributed by atoms with van der Waals surface area (Å²) in [5.41, 5.74) is 1.52. The molecule has 4 nitrogen and oxygen atoms in total. The van der Waals surface area contributed by atoms with E-state index in [1.807, 2.05) is 6.92 Å². The molecule has 1 aromatic heterocycles. The molecule has 0 aliphatic carbocycles. The topological polar surface area (TPSA) is 54.0 Å². The summed E-state index contributed by atoms with van der Waals surface area (Å²) in [5, 5.41) is 6.84. The summed E-state index contributed by atoms with van der Waals surface area (Å²) in [6.07, 6.45) is 1.07.